The molecule has 1 unspecified atom stereocenters. The van der Waals surface area contributed by atoms with Crippen LogP contribution in [0.25, 0.3) is 0 Å². The third-order valence-corrected chi connectivity index (χ3v) is 6.46. The van der Waals surface area contributed by atoms with Crippen LogP contribution in [-0.4, -0.2) is 77.8 Å². The summed E-state index contributed by atoms with van der Waals surface area (Å²) in [5, 5.41) is 8.65. The molecule has 1 atom stereocenters. The fourth-order valence-corrected chi connectivity index (χ4v) is 4.58. The van der Waals surface area contributed by atoms with Crippen molar-refractivity contribution >= 4 is 10.0 Å². The van der Waals surface area contributed by atoms with Crippen LogP contribution in [0.15, 0.2) is 6.20 Å². The van der Waals surface area contributed by atoms with E-state index in [9.17, 15) is 8.42 Å². The molecule has 142 valence electrons. The quantitative estimate of drug-likeness (QED) is 0.738. The standard InChI is InChI=1S/C16H29N5O3S/c1-3-4-16-13-24-10-9-19(16)11-14-12-21(18-17-14)15-5-7-20(8-6-15)25(2,22)23/h12,15-16H,3-11,13H2,1-2H3. The number of aromatic nitrogens is 3. The van der Waals surface area contributed by atoms with Crippen LogP contribution < -0.4 is 0 Å². The average molecular weight is 372 g/mol. The first-order chi connectivity index (χ1) is 12.0. The van der Waals surface area contributed by atoms with Crippen LogP contribution in [0.2, 0.25) is 0 Å². The van der Waals surface area contributed by atoms with E-state index in [4.69, 9.17) is 4.74 Å². The Labute approximate surface area is 150 Å². The van der Waals surface area contributed by atoms with Gasteiger partial charge in [-0.2, -0.15) is 0 Å². The van der Waals surface area contributed by atoms with Crippen molar-refractivity contribution in [3.05, 3.63) is 11.9 Å². The van der Waals surface area contributed by atoms with Crippen molar-refractivity contribution in [2.75, 3.05) is 39.1 Å². The van der Waals surface area contributed by atoms with Gasteiger partial charge in [0.25, 0.3) is 0 Å². The summed E-state index contributed by atoms with van der Waals surface area (Å²) in [5.74, 6) is 0. The van der Waals surface area contributed by atoms with Gasteiger partial charge in [0.15, 0.2) is 0 Å². The third-order valence-electron chi connectivity index (χ3n) is 5.16. The highest BCUT2D eigenvalue weighted by Crippen LogP contribution is 2.23. The fourth-order valence-electron chi connectivity index (χ4n) is 3.71. The maximum atomic E-state index is 11.6. The van der Waals surface area contributed by atoms with E-state index in [1.807, 2.05) is 10.9 Å². The Morgan fingerprint density at radius 3 is 2.72 bits per heavy atom. The van der Waals surface area contributed by atoms with Gasteiger partial charge in [0.1, 0.15) is 0 Å². The lowest BCUT2D eigenvalue weighted by molar-refractivity contribution is -0.0152. The highest BCUT2D eigenvalue weighted by molar-refractivity contribution is 7.88. The van der Waals surface area contributed by atoms with E-state index in [0.29, 0.717) is 19.1 Å². The smallest absolute Gasteiger partial charge is 0.211 e. The van der Waals surface area contributed by atoms with E-state index in [1.165, 1.54) is 6.26 Å². The molecule has 0 saturated carbocycles. The molecule has 2 aliphatic heterocycles. The number of piperidine rings is 1. The van der Waals surface area contributed by atoms with Gasteiger partial charge >= 0.3 is 0 Å². The van der Waals surface area contributed by atoms with Gasteiger partial charge in [0, 0.05) is 32.2 Å². The lowest BCUT2D eigenvalue weighted by Gasteiger charge is -2.34. The Hall–Kier alpha value is -1.03. The molecule has 25 heavy (non-hydrogen) atoms. The molecule has 9 heteroatoms. The molecule has 2 saturated heterocycles. The highest BCUT2D eigenvalue weighted by Gasteiger charge is 2.27. The molecule has 0 radical (unpaired) electrons. The molecule has 3 rings (SSSR count). The van der Waals surface area contributed by atoms with Crippen molar-refractivity contribution in [2.45, 2.75) is 51.2 Å². The molecule has 0 aliphatic carbocycles. The summed E-state index contributed by atoms with van der Waals surface area (Å²) in [6, 6.07) is 0.692. The van der Waals surface area contributed by atoms with Crippen LogP contribution in [0.4, 0.5) is 0 Å². The van der Waals surface area contributed by atoms with E-state index in [2.05, 4.69) is 22.1 Å². The predicted octanol–water partition coefficient (Wildman–Crippen LogP) is 0.876. The zero-order chi connectivity index (χ0) is 17.9. The van der Waals surface area contributed by atoms with Crippen LogP contribution in [0, 0.1) is 0 Å². The number of morpholine rings is 1. The molecule has 0 aromatic carbocycles. The molecule has 2 aliphatic rings. The Balaban J connectivity index is 1.57. The molecular weight excluding hydrogens is 342 g/mol. The molecule has 0 bridgehead atoms. The van der Waals surface area contributed by atoms with E-state index >= 15 is 0 Å². The topological polar surface area (TPSA) is 80.6 Å². The Morgan fingerprint density at radius 2 is 2.04 bits per heavy atom. The normalized spacial score (nSPS) is 24.6. The van der Waals surface area contributed by atoms with Gasteiger partial charge in [-0.1, -0.05) is 18.6 Å². The summed E-state index contributed by atoms with van der Waals surface area (Å²) in [4.78, 5) is 2.44. The summed E-state index contributed by atoms with van der Waals surface area (Å²) in [7, 11) is -3.09. The zero-order valence-electron chi connectivity index (χ0n) is 15.2. The summed E-state index contributed by atoms with van der Waals surface area (Å²) in [6.07, 6.45) is 7.15. The van der Waals surface area contributed by atoms with Crippen molar-refractivity contribution in [2.24, 2.45) is 0 Å². The first-order valence-corrected chi connectivity index (χ1v) is 11.0. The lowest BCUT2D eigenvalue weighted by Crippen LogP contribution is -2.44. The SMILES string of the molecule is CCCC1COCCN1Cc1cn(C2CCN(S(C)(=O)=O)CC2)nn1. The minimum atomic E-state index is -3.09. The molecule has 2 fully saturated rings. The maximum absolute atomic E-state index is 11.6. The molecule has 0 N–H and O–H groups in total. The van der Waals surface area contributed by atoms with Crippen molar-refractivity contribution in [1.29, 1.82) is 0 Å². The number of nitrogens with zero attached hydrogens (tertiary/aromatic N) is 5. The summed E-state index contributed by atoms with van der Waals surface area (Å²) in [5.41, 5.74) is 0.980. The van der Waals surface area contributed by atoms with Crippen LogP contribution in [0.5, 0.6) is 0 Å². The molecular formula is C16H29N5O3S. The number of rotatable bonds is 6. The van der Waals surface area contributed by atoms with Crippen molar-refractivity contribution in [1.82, 2.24) is 24.2 Å². The fraction of sp³-hybridized carbons (Fsp3) is 0.875. The second-order valence-corrected chi connectivity index (χ2v) is 9.05. The Bertz CT molecular complexity index is 652. The zero-order valence-corrected chi connectivity index (χ0v) is 16.0. The van der Waals surface area contributed by atoms with Gasteiger partial charge in [-0.25, -0.2) is 17.4 Å². The molecule has 3 heterocycles. The highest BCUT2D eigenvalue weighted by atomic mass is 32.2. The minimum Gasteiger partial charge on any atom is -0.378 e. The first-order valence-electron chi connectivity index (χ1n) is 9.15. The van der Waals surface area contributed by atoms with E-state index in [0.717, 1.165) is 57.7 Å². The van der Waals surface area contributed by atoms with Gasteiger partial charge in [0.05, 0.1) is 37.4 Å². The van der Waals surface area contributed by atoms with Crippen molar-refractivity contribution in [3.63, 3.8) is 0 Å². The molecule has 8 nitrogen and oxygen atoms in total. The first kappa shape index (κ1) is 18.8. The van der Waals surface area contributed by atoms with E-state index < -0.39 is 10.0 Å². The van der Waals surface area contributed by atoms with Crippen LogP contribution in [-0.2, 0) is 21.3 Å². The van der Waals surface area contributed by atoms with Gasteiger partial charge < -0.3 is 4.74 Å². The van der Waals surface area contributed by atoms with E-state index in [-0.39, 0.29) is 6.04 Å². The number of ether oxygens (including phenoxy) is 1. The second kappa shape index (κ2) is 8.11. The monoisotopic (exact) mass is 371 g/mol. The summed E-state index contributed by atoms with van der Waals surface area (Å²) >= 11 is 0. The average Bonchev–Trinajstić information content (AvgIpc) is 3.05. The van der Waals surface area contributed by atoms with Gasteiger partial charge in [-0.3, -0.25) is 4.90 Å². The second-order valence-electron chi connectivity index (χ2n) is 7.07. The van der Waals surface area contributed by atoms with Crippen LogP contribution >= 0.6 is 0 Å². The molecule has 0 amide bonds. The number of sulfonamides is 1. The third kappa shape index (κ3) is 4.78. The van der Waals surface area contributed by atoms with Crippen LogP contribution in [0.1, 0.15) is 44.3 Å². The minimum absolute atomic E-state index is 0.232. The van der Waals surface area contributed by atoms with Crippen molar-refractivity contribution < 1.29 is 13.2 Å². The molecule has 0 spiro atoms. The van der Waals surface area contributed by atoms with Gasteiger partial charge in [-0.05, 0) is 19.3 Å². The maximum Gasteiger partial charge on any atom is 0.211 e. The van der Waals surface area contributed by atoms with Crippen molar-refractivity contribution in [3.8, 4) is 0 Å². The molecule has 1 aromatic rings. The predicted molar refractivity (Wildman–Crippen MR) is 94.6 cm³/mol. The number of hydrogen-bond acceptors (Lipinski definition) is 6. The Morgan fingerprint density at radius 1 is 1.28 bits per heavy atom. The largest absolute Gasteiger partial charge is 0.378 e. The Kier molecular flexibility index (Phi) is 6.08. The van der Waals surface area contributed by atoms with Gasteiger partial charge in [-0.15, -0.1) is 5.10 Å². The molecule has 1 aromatic heterocycles. The number of hydrogen-bond donors (Lipinski definition) is 0. The summed E-state index contributed by atoms with van der Waals surface area (Å²) < 4.78 is 32.3. The van der Waals surface area contributed by atoms with E-state index in [1.54, 1.807) is 4.31 Å². The lowest BCUT2D eigenvalue weighted by atomic mass is 10.1. The van der Waals surface area contributed by atoms with Crippen LogP contribution in [0.3, 0.4) is 0 Å². The summed E-state index contributed by atoms with van der Waals surface area (Å²) in [6.45, 7) is 6.62. The van der Waals surface area contributed by atoms with Gasteiger partial charge in [0.2, 0.25) is 10.0 Å².